The van der Waals surface area contributed by atoms with Gasteiger partial charge in [0.25, 0.3) is 5.56 Å². The van der Waals surface area contributed by atoms with Crippen LogP contribution in [0.4, 0.5) is 0 Å². The first-order chi connectivity index (χ1) is 12.5. The van der Waals surface area contributed by atoms with Crippen molar-refractivity contribution in [3.8, 4) is 22.9 Å². The van der Waals surface area contributed by atoms with Crippen molar-refractivity contribution in [3.05, 3.63) is 51.4 Å². The van der Waals surface area contributed by atoms with E-state index in [-0.39, 0.29) is 6.54 Å². The molecule has 0 radical (unpaired) electrons. The van der Waals surface area contributed by atoms with Gasteiger partial charge in [-0.3, -0.25) is 9.59 Å². The summed E-state index contributed by atoms with van der Waals surface area (Å²) in [4.78, 5) is 24.3. The fourth-order valence-electron chi connectivity index (χ4n) is 2.40. The largest absolute Gasteiger partial charge is 0.495 e. The minimum Gasteiger partial charge on any atom is -0.495 e. The molecular formula is C19H19ClN2O4. The minimum absolute atomic E-state index is 0.208. The molecule has 0 N–H and O–H groups in total. The minimum atomic E-state index is -0.490. The smallest absolute Gasteiger partial charge is 0.326 e. The molecule has 1 heterocycles. The lowest BCUT2D eigenvalue weighted by Gasteiger charge is -2.13. The van der Waals surface area contributed by atoms with Crippen LogP contribution in [0.1, 0.15) is 25.3 Å². The number of rotatable bonds is 7. The van der Waals surface area contributed by atoms with E-state index in [2.05, 4.69) is 6.07 Å². The van der Waals surface area contributed by atoms with E-state index in [0.29, 0.717) is 34.1 Å². The number of carbonyl (C=O) groups excluding carboxylic acids is 1. The number of methoxy groups -OCH3 is 1. The van der Waals surface area contributed by atoms with Gasteiger partial charge in [0.1, 0.15) is 12.3 Å². The standard InChI is InChI=1S/C19H19ClN2O4/c1-3-4-7-26-19(24)12-22-11-17(25-2)16(9-18(22)23)15-8-14(20)6-5-13(15)10-21/h5-6,8-9,11H,3-4,7,12H2,1-2H3. The summed E-state index contributed by atoms with van der Waals surface area (Å²) in [5.41, 5.74) is 0.889. The zero-order chi connectivity index (χ0) is 19.1. The number of esters is 1. The normalized spacial score (nSPS) is 10.2. The van der Waals surface area contributed by atoms with Gasteiger partial charge in [-0.25, -0.2) is 0 Å². The van der Waals surface area contributed by atoms with Gasteiger partial charge in [0, 0.05) is 22.2 Å². The Bertz CT molecular complexity index is 899. The number of unbranched alkanes of at least 4 members (excludes halogenated alkanes) is 1. The highest BCUT2D eigenvalue weighted by Crippen LogP contribution is 2.32. The number of nitrogens with zero attached hydrogens (tertiary/aromatic N) is 2. The quantitative estimate of drug-likeness (QED) is 0.548. The van der Waals surface area contributed by atoms with Crippen LogP contribution in [0.3, 0.4) is 0 Å². The summed E-state index contributed by atoms with van der Waals surface area (Å²) >= 11 is 6.02. The van der Waals surface area contributed by atoms with Crippen molar-refractivity contribution in [1.29, 1.82) is 5.26 Å². The van der Waals surface area contributed by atoms with Gasteiger partial charge in [0.15, 0.2) is 0 Å². The molecule has 136 valence electrons. The predicted molar refractivity (Wildman–Crippen MR) is 98.3 cm³/mol. The van der Waals surface area contributed by atoms with Gasteiger partial charge < -0.3 is 14.0 Å². The summed E-state index contributed by atoms with van der Waals surface area (Å²) < 4.78 is 11.6. The summed E-state index contributed by atoms with van der Waals surface area (Å²) in [5, 5.41) is 9.74. The molecule has 2 aromatic rings. The van der Waals surface area contributed by atoms with E-state index >= 15 is 0 Å². The van der Waals surface area contributed by atoms with Crippen LogP contribution in [0.25, 0.3) is 11.1 Å². The number of aromatic nitrogens is 1. The summed E-state index contributed by atoms with van der Waals surface area (Å²) in [6.45, 7) is 2.11. The predicted octanol–water partition coefficient (Wildman–Crippen LogP) is 3.39. The van der Waals surface area contributed by atoms with Crippen molar-refractivity contribution in [2.75, 3.05) is 13.7 Å². The third kappa shape index (κ3) is 4.64. The van der Waals surface area contributed by atoms with Crippen molar-refractivity contribution < 1.29 is 14.3 Å². The van der Waals surface area contributed by atoms with Gasteiger partial charge in [-0.1, -0.05) is 24.9 Å². The number of pyridine rings is 1. The number of halogens is 1. The van der Waals surface area contributed by atoms with Crippen molar-refractivity contribution in [3.63, 3.8) is 0 Å². The number of hydrogen-bond acceptors (Lipinski definition) is 5. The Kier molecular flexibility index (Phi) is 6.81. The fourth-order valence-corrected chi connectivity index (χ4v) is 2.57. The van der Waals surface area contributed by atoms with Gasteiger partial charge in [0.2, 0.25) is 0 Å². The Morgan fingerprint density at radius 1 is 1.31 bits per heavy atom. The second-order valence-corrected chi connectivity index (χ2v) is 6.03. The Morgan fingerprint density at radius 2 is 2.08 bits per heavy atom. The van der Waals surface area contributed by atoms with Crippen molar-refractivity contribution in [2.45, 2.75) is 26.3 Å². The monoisotopic (exact) mass is 374 g/mol. The van der Waals surface area contributed by atoms with Crippen LogP contribution in [-0.4, -0.2) is 24.3 Å². The van der Waals surface area contributed by atoms with Crippen LogP contribution < -0.4 is 10.3 Å². The Labute approximate surface area is 156 Å². The van der Waals surface area contributed by atoms with Gasteiger partial charge in [0.05, 0.1) is 31.5 Å². The van der Waals surface area contributed by atoms with E-state index in [0.717, 1.165) is 12.8 Å². The van der Waals surface area contributed by atoms with Crippen molar-refractivity contribution >= 4 is 17.6 Å². The molecule has 0 aliphatic heterocycles. The second-order valence-electron chi connectivity index (χ2n) is 5.60. The maximum absolute atomic E-state index is 12.4. The average Bonchev–Trinajstić information content (AvgIpc) is 2.63. The molecule has 1 aromatic carbocycles. The first-order valence-corrected chi connectivity index (χ1v) is 8.52. The second kappa shape index (κ2) is 9.07. The number of carbonyl (C=O) groups is 1. The highest BCUT2D eigenvalue weighted by molar-refractivity contribution is 6.31. The topological polar surface area (TPSA) is 81.3 Å². The molecule has 0 aliphatic rings. The lowest BCUT2D eigenvalue weighted by Crippen LogP contribution is -2.25. The third-order valence-corrected chi connectivity index (χ3v) is 4.00. The van der Waals surface area contributed by atoms with Gasteiger partial charge in [-0.05, 0) is 24.6 Å². The maximum Gasteiger partial charge on any atom is 0.326 e. The summed E-state index contributed by atoms with van der Waals surface area (Å²) in [6, 6.07) is 8.17. The average molecular weight is 375 g/mol. The van der Waals surface area contributed by atoms with Crippen LogP contribution in [0.15, 0.2) is 35.3 Å². The van der Waals surface area contributed by atoms with Gasteiger partial charge >= 0.3 is 5.97 Å². The van der Waals surface area contributed by atoms with Gasteiger partial charge in [-0.2, -0.15) is 5.26 Å². The zero-order valence-corrected chi connectivity index (χ0v) is 15.4. The molecule has 0 saturated heterocycles. The molecule has 0 fully saturated rings. The Balaban J connectivity index is 2.39. The van der Waals surface area contributed by atoms with E-state index in [4.69, 9.17) is 21.1 Å². The lowest BCUT2D eigenvalue weighted by atomic mass is 10.0. The van der Waals surface area contributed by atoms with Gasteiger partial charge in [-0.15, -0.1) is 0 Å². The Morgan fingerprint density at radius 3 is 2.73 bits per heavy atom. The van der Waals surface area contributed by atoms with E-state index in [9.17, 15) is 14.9 Å². The highest BCUT2D eigenvalue weighted by atomic mass is 35.5. The first-order valence-electron chi connectivity index (χ1n) is 8.14. The van der Waals surface area contributed by atoms with Crippen molar-refractivity contribution in [1.82, 2.24) is 4.57 Å². The van der Waals surface area contributed by atoms with E-state index in [1.807, 2.05) is 6.92 Å². The molecular weight excluding hydrogens is 356 g/mol. The first kappa shape index (κ1) is 19.5. The summed E-state index contributed by atoms with van der Waals surface area (Å²) in [6.07, 6.45) is 3.12. The van der Waals surface area contributed by atoms with E-state index in [1.165, 1.54) is 23.9 Å². The van der Waals surface area contributed by atoms with Crippen LogP contribution in [0, 0.1) is 11.3 Å². The summed E-state index contributed by atoms with van der Waals surface area (Å²) in [5.74, 6) is -0.138. The molecule has 0 spiro atoms. The SMILES string of the molecule is CCCCOC(=O)Cn1cc(OC)c(-c2cc(Cl)ccc2C#N)cc1=O. The van der Waals surface area contributed by atoms with Crippen molar-refractivity contribution in [2.24, 2.45) is 0 Å². The molecule has 0 saturated carbocycles. The molecule has 0 atom stereocenters. The zero-order valence-electron chi connectivity index (χ0n) is 14.6. The number of hydrogen-bond donors (Lipinski definition) is 0. The summed E-state index contributed by atoms with van der Waals surface area (Å²) in [7, 11) is 1.45. The molecule has 0 bridgehead atoms. The van der Waals surface area contributed by atoms with Crippen LogP contribution >= 0.6 is 11.6 Å². The van der Waals surface area contributed by atoms with Crippen LogP contribution in [-0.2, 0) is 16.1 Å². The number of ether oxygens (including phenoxy) is 2. The van der Waals surface area contributed by atoms with Crippen LogP contribution in [0.5, 0.6) is 5.75 Å². The number of benzene rings is 1. The molecule has 0 unspecified atom stereocenters. The van der Waals surface area contributed by atoms with Crippen LogP contribution in [0.2, 0.25) is 5.02 Å². The highest BCUT2D eigenvalue weighted by Gasteiger charge is 2.15. The molecule has 6 nitrogen and oxygen atoms in total. The lowest BCUT2D eigenvalue weighted by molar-refractivity contribution is -0.144. The molecule has 2 rings (SSSR count). The molecule has 0 aliphatic carbocycles. The van der Waals surface area contributed by atoms with E-state index < -0.39 is 11.5 Å². The molecule has 26 heavy (non-hydrogen) atoms. The number of nitriles is 1. The molecule has 7 heteroatoms. The fraction of sp³-hybridized carbons (Fsp3) is 0.316. The third-order valence-electron chi connectivity index (χ3n) is 3.76. The van der Waals surface area contributed by atoms with E-state index in [1.54, 1.807) is 18.2 Å². The Hall–Kier alpha value is -2.78. The molecule has 1 aromatic heterocycles. The maximum atomic E-state index is 12.4. The molecule has 0 amide bonds.